The predicted octanol–water partition coefficient (Wildman–Crippen LogP) is 6.50. The molecule has 3 nitrogen and oxygen atoms in total. The largest absolute Gasteiger partial charge is 0.466 e. The minimum absolute atomic E-state index is 0.0178. The lowest BCUT2D eigenvalue weighted by molar-refractivity contribution is -0.890. The molecule has 0 N–H and O–H groups in total. The number of ether oxygens (including phenoxy) is 1. The van der Waals surface area contributed by atoms with Gasteiger partial charge in [0.15, 0.2) is 0 Å². The Hall–Kier alpha value is -0.570. The number of hydrogen-bond acceptors (Lipinski definition) is 2. The van der Waals surface area contributed by atoms with Crippen molar-refractivity contribution in [3.63, 3.8) is 0 Å². The van der Waals surface area contributed by atoms with E-state index in [1.807, 2.05) is 0 Å². The molecule has 0 aliphatic heterocycles. The third-order valence-corrected chi connectivity index (χ3v) is 5.30. The highest BCUT2D eigenvalue weighted by Gasteiger charge is 2.16. The quantitative estimate of drug-likeness (QED) is 0.147. The highest BCUT2D eigenvalue weighted by atomic mass is 16.5. The molecule has 26 heavy (non-hydrogen) atoms. The van der Waals surface area contributed by atoms with Gasteiger partial charge in [0.1, 0.15) is 0 Å². The van der Waals surface area contributed by atoms with Crippen molar-refractivity contribution >= 4 is 5.97 Å². The highest BCUT2D eigenvalue weighted by molar-refractivity contribution is 5.69. The van der Waals surface area contributed by atoms with Crippen molar-refractivity contribution in [3.05, 3.63) is 0 Å². The van der Waals surface area contributed by atoms with Crippen molar-refractivity contribution in [2.24, 2.45) is 0 Å². The molecule has 156 valence electrons. The summed E-state index contributed by atoms with van der Waals surface area (Å²) in [4.78, 5) is 11.8. The summed E-state index contributed by atoms with van der Waals surface area (Å²) in [5.41, 5.74) is 0. The Morgan fingerprint density at radius 2 is 1.12 bits per heavy atom. The van der Waals surface area contributed by atoms with Crippen LogP contribution in [0.5, 0.6) is 0 Å². The summed E-state index contributed by atoms with van der Waals surface area (Å²) in [5, 5.41) is 0. The Morgan fingerprint density at radius 3 is 1.62 bits per heavy atom. The van der Waals surface area contributed by atoms with Crippen molar-refractivity contribution in [3.8, 4) is 0 Å². The zero-order chi connectivity index (χ0) is 19.5. The van der Waals surface area contributed by atoms with Gasteiger partial charge in [-0.25, -0.2) is 0 Å². The Morgan fingerprint density at radius 1 is 0.654 bits per heavy atom. The topological polar surface area (TPSA) is 26.3 Å². The van der Waals surface area contributed by atoms with Crippen LogP contribution in [0.1, 0.15) is 110 Å². The molecule has 0 aromatic heterocycles. The van der Waals surface area contributed by atoms with Crippen LogP contribution in [0.15, 0.2) is 0 Å². The lowest BCUT2D eigenvalue weighted by Crippen LogP contribution is -2.42. The van der Waals surface area contributed by atoms with Crippen LogP contribution < -0.4 is 0 Å². The van der Waals surface area contributed by atoms with Crippen LogP contribution >= 0.6 is 0 Å². The van der Waals surface area contributed by atoms with Gasteiger partial charge < -0.3 is 9.22 Å². The van der Waals surface area contributed by atoms with Gasteiger partial charge in [0.25, 0.3) is 0 Å². The van der Waals surface area contributed by atoms with E-state index in [9.17, 15) is 4.79 Å². The third-order valence-electron chi connectivity index (χ3n) is 5.30. The molecule has 0 saturated heterocycles. The summed E-state index contributed by atoms with van der Waals surface area (Å²) in [6.07, 6.45) is 19.0. The molecule has 0 aliphatic rings. The summed E-state index contributed by atoms with van der Waals surface area (Å²) in [6.45, 7) is 7.12. The number of unbranched alkanes of at least 4 members (excludes halogenated alkanes) is 12. The fourth-order valence-electron chi connectivity index (χ4n) is 3.29. The van der Waals surface area contributed by atoms with Crippen molar-refractivity contribution in [2.75, 3.05) is 33.8 Å². The smallest absolute Gasteiger partial charge is 0.311 e. The first-order valence-corrected chi connectivity index (χ1v) is 11.5. The van der Waals surface area contributed by atoms with E-state index in [1.54, 1.807) is 0 Å². The molecular weight excluding hydrogens is 322 g/mol. The second-order valence-electron chi connectivity index (χ2n) is 8.60. The molecule has 0 saturated carbocycles. The molecule has 0 rings (SSSR count). The van der Waals surface area contributed by atoms with Crippen LogP contribution in [0, 0.1) is 0 Å². The maximum absolute atomic E-state index is 11.8. The number of nitrogens with zero attached hydrogens (tertiary/aromatic N) is 1. The lowest BCUT2D eigenvalue weighted by atomic mass is 10.1. The fraction of sp³-hybridized carbons (Fsp3) is 0.957. The maximum atomic E-state index is 11.8. The summed E-state index contributed by atoms with van der Waals surface area (Å²) >= 11 is 0. The molecule has 0 fully saturated rings. The van der Waals surface area contributed by atoms with Crippen LogP contribution in [0.25, 0.3) is 0 Å². The van der Waals surface area contributed by atoms with Gasteiger partial charge in [-0.15, -0.1) is 0 Å². The Bertz CT molecular complexity index is 315. The van der Waals surface area contributed by atoms with Gasteiger partial charge in [-0.05, 0) is 12.8 Å². The van der Waals surface area contributed by atoms with Gasteiger partial charge in [0, 0.05) is 0 Å². The summed E-state index contributed by atoms with van der Waals surface area (Å²) in [5.74, 6) is -0.0178. The Kier molecular flexibility index (Phi) is 17.4. The summed E-state index contributed by atoms with van der Waals surface area (Å²) < 4.78 is 6.30. The SMILES string of the molecule is CCCCCCCCCCCCCCOC(=O)CC[N+](C)(C)CCCC. The van der Waals surface area contributed by atoms with Gasteiger partial charge in [0.05, 0.1) is 40.2 Å². The molecule has 0 heterocycles. The van der Waals surface area contributed by atoms with Crippen molar-refractivity contribution in [1.29, 1.82) is 0 Å². The third kappa shape index (κ3) is 18.2. The van der Waals surface area contributed by atoms with E-state index < -0.39 is 0 Å². The zero-order valence-corrected chi connectivity index (χ0v) is 18.5. The minimum Gasteiger partial charge on any atom is -0.466 e. The zero-order valence-electron chi connectivity index (χ0n) is 18.5. The summed E-state index contributed by atoms with van der Waals surface area (Å²) in [6, 6.07) is 0. The van der Waals surface area contributed by atoms with Crippen LogP contribution in [0.2, 0.25) is 0 Å². The standard InChI is InChI=1S/C23H48NO2/c1-5-7-9-10-11-12-13-14-15-16-17-18-22-26-23(25)19-21-24(3,4)20-8-6-2/h5-22H2,1-4H3/q+1. The van der Waals surface area contributed by atoms with Crippen molar-refractivity contribution < 1.29 is 14.0 Å². The van der Waals surface area contributed by atoms with Gasteiger partial charge in [-0.1, -0.05) is 90.9 Å². The van der Waals surface area contributed by atoms with Crippen LogP contribution in [0.3, 0.4) is 0 Å². The molecule has 0 spiro atoms. The van der Waals surface area contributed by atoms with E-state index in [2.05, 4.69) is 27.9 Å². The van der Waals surface area contributed by atoms with Crippen LogP contribution in [0.4, 0.5) is 0 Å². The Labute approximate surface area is 164 Å². The molecule has 0 unspecified atom stereocenters. The van der Waals surface area contributed by atoms with Crippen LogP contribution in [-0.4, -0.2) is 44.2 Å². The molecule has 0 aromatic carbocycles. The summed E-state index contributed by atoms with van der Waals surface area (Å²) in [7, 11) is 4.41. The van der Waals surface area contributed by atoms with E-state index in [-0.39, 0.29) is 5.97 Å². The van der Waals surface area contributed by atoms with E-state index in [0.717, 1.165) is 24.0 Å². The average molecular weight is 371 g/mol. The minimum atomic E-state index is -0.0178. The van der Waals surface area contributed by atoms with Crippen molar-refractivity contribution in [1.82, 2.24) is 0 Å². The van der Waals surface area contributed by atoms with E-state index in [4.69, 9.17) is 4.74 Å². The number of esters is 1. The number of quaternary nitrogens is 1. The first kappa shape index (κ1) is 25.4. The fourth-order valence-corrected chi connectivity index (χ4v) is 3.29. The maximum Gasteiger partial charge on any atom is 0.311 e. The number of hydrogen-bond donors (Lipinski definition) is 0. The lowest BCUT2D eigenvalue weighted by Gasteiger charge is -2.29. The first-order valence-electron chi connectivity index (χ1n) is 11.5. The molecule has 0 atom stereocenters. The van der Waals surface area contributed by atoms with Gasteiger partial charge in [-0.3, -0.25) is 4.79 Å². The van der Waals surface area contributed by atoms with Gasteiger partial charge >= 0.3 is 5.97 Å². The van der Waals surface area contributed by atoms with Crippen molar-refractivity contribution in [2.45, 2.75) is 110 Å². The average Bonchev–Trinajstić information content (AvgIpc) is 2.62. The van der Waals surface area contributed by atoms with E-state index in [0.29, 0.717) is 13.0 Å². The van der Waals surface area contributed by atoms with Gasteiger partial charge in [0.2, 0.25) is 0 Å². The molecule has 0 radical (unpaired) electrons. The second kappa shape index (κ2) is 17.8. The highest BCUT2D eigenvalue weighted by Crippen LogP contribution is 2.12. The first-order chi connectivity index (χ1) is 12.5. The Balaban J connectivity index is 3.33. The monoisotopic (exact) mass is 370 g/mol. The van der Waals surface area contributed by atoms with Crippen LogP contribution in [-0.2, 0) is 9.53 Å². The number of carbonyl (C=O) groups excluding carboxylic acids is 1. The molecule has 0 amide bonds. The van der Waals surface area contributed by atoms with Gasteiger partial charge in [-0.2, -0.15) is 0 Å². The van der Waals surface area contributed by atoms with E-state index in [1.165, 1.54) is 83.5 Å². The normalized spacial score (nSPS) is 11.7. The number of carbonyl (C=O) groups is 1. The molecule has 0 aliphatic carbocycles. The number of rotatable bonds is 19. The molecule has 3 heteroatoms. The molecule has 0 bridgehead atoms. The molecule has 0 aromatic rings. The van der Waals surface area contributed by atoms with E-state index >= 15 is 0 Å². The molecular formula is C23H48NO2+. The second-order valence-corrected chi connectivity index (χ2v) is 8.60. The predicted molar refractivity (Wildman–Crippen MR) is 113 cm³/mol.